The van der Waals surface area contributed by atoms with E-state index < -0.39 is 0 Å². The monoisotopic (exact) mass is 296 g/mol. The summed E-state index contributed by atoms with van der Waals surface area (Å²) in [6, 6.07) is 5.72. The molecular formula is C8H8ClINO+. The lowest BCUT2D eigenvalue weighted by Gasteiger charge is -2.22. The molecule has 1 N–H and O–H groups in total. The fourth-order valence-corrected chi connectivity index (χ4v) is 1.80. The third-order valence-electron chi connectivity index (χ3n) is 1.66. The second-order valence-corrected chi connectivity index (χ2v) is 4.43. The largest absolute Gasteiger partial charge is 0.476 e. The number of halogens is 2. The van der Waals surface area contributed by atoms with Gasteiger partial charge in [-0.05, 0) is 28.7 Å². The minimum atomic E-state index is 0.214. The lowest BCUT2D eigenvalue weighted by molar-refractivity contribution is -0.288. The first-order chi connectivity index (χ1) is 5.75. The summed E-state index contributed by atoms with van der Waals surface area (Å²) in [7, 11) is 0. The fourth-order valence-electron chi connectivity index (χ4n) is 1.12. The molecule has 1 heterocycles. The van der Waals surface area contributed by atoms with Crippen LogP contribution >= 0.6 is 22.6 Å². The lowest BCUT2D eigenvalue weighted by atomic mass is 10.2. The summed E-state index contributed by atoms with van der Waals surface area (Å²) in [6.07, 6.45) is 0. The number of hydrogen-bond acceptors (Lipinski definition) is 2. The molecule has 0 saturated heterocycles. The highest BCUT2D eigenvalue weighted by molar-refractivity contribution is 14.1. The van der Waals surface area contributed by atoms with Crippen LogP contribution in [0.4, 0.5) is 5.69 Å². The van der Waals surface area contributed by atoms with Gasteiger partial charge in [0.2, 0.25) is 5.02 Å². The molecule has 0 amide bonds. The number of rotatable bonds is 0. The molecule has 0 bridgehead atoms. The minimum Gasteiger partial charge on any atom is -0.476 e. The van der Waals surface area contributed by atoms with Crippen molar-refractivity contribution in [3.63, 3.8) is 0 Å². The average Bonchev–Trinajstić information content (AvgIpc) is 2.05. The number of ether oxygens (including phenoxy) is 1. The van der Waals surface area contributed by atoms with Gasteiger partial charge >= 0.3 is 0 Å². The summed E-state index contributed by atoms with van der Waals surface area (Å²) in [4.78, 5) is 0. The van der Waals surface area contributed by atoms with Crippen molar-refractivity contribution in [3.8, 4) is 5.75 Å². The van der Waals surface area contributed by atoms with E-state index in [1.54, 1.807) is 0 Å². The first-order valence-corrected chi connectivity index (χ1v) is 5.27. The van der Waals surface area contributed by atoms with Gasteiger partial charge < -0.3 is 10.1 Å². The number of alkyl halides is 1. The number of fused-ring (bicyclic) bond motifs is 1. The van der Waals surface area contributed by atoms with Crippen molar-refractivity contribution in [1.29, 1.82) is 0 Å². The third-order valence-corrected chi connectivity index (χ3v) is 2.61. The molecule has 1 atom stereocenters. The molecule has 0 unspecified atom stereocenters. The summed E-state index contributed by atoms with van der Waals surface area (Å²) >= 11 is 7.28. The van der Waals surface area contributed by atoms with Crippen molar-refractivity contribution >= 4 is 28.3 Å². The molecule has 1 aromatic carbocycles. The van der Waals surface area contributed by atoms with E-state index in [9.17, 15) is 0 Å². The zero-order chi connectivity index (χ0) is 8.55. The van der Waals surface area contributed by atoms with Crippen molar-refractivity contribution < 1.29 is 16.3 Å². The second-order valence-electron chi connectivity index (χ2n) is 2.57. The van der Waals surface area contributed by atoms with Gasteiger partial charge in [-0.25, -0.2) is 0 Å². The van der Waals surface area contributed by atoms with Crippen molar-refractivity contribution in [2.24, 2.45) is 0 Å². The molecular weight excluding hydrogens is 288 g/mol. The Bertz CT molecular complexity index is 305. The van der Waals surface area contributed by atoms with Gasteiger partial charge in [-0.2, -0.15) is 0 Å². The topological polar surface area (TPSA) is 21.3 Å². The van der Waals surface area contributed by atoms with Crippen molar-refractivity contribution in [3.05, 3.63) is 23.2 Å². The lowest BCUT2D eigenvalue weighted by Crippen LogP contribution is -2.24. The summed E-state index contributed by atoms with van der Waals surface area (Å²) in [5, 5.41) is 4.10. The van der Waals surface area contributed by atoms with Crippen LogP contribution < -0.4 is 10.1 Å². The van der Waals surface area contributed by atoms with Crippen LogP contribution in [0.5, 0.6) is 5.75 Å². The summed E-state index contributed by atoms with van der Waals surface area (Å²) < 4.78 is 5.78. The first kappa shape index (κ1) is 8.44. The molecule has 12 heavy (non-hydrogen) atoms. The maximum absolute atomic E-state index is 5.56. The highest BCUT2D eigenvalue weighted by atomic mass is 127. The van der Waals surface area contributed by atoms with E-state index in [0.717, 1.165) is 23.0 Å². The molecule has 0 aliphatic carbocycles. The van der Waals surface area contributed by atoms with Crippen molar-refractivity contribution in [2.45, 2.75) is 4.11 Å². The number of benzene rings is 1. The summed E-state index contributed by atoms with van der Waals surface area (Å²) in [6.45, 7) is 0.840. The van der Waals surface area contributed by atoms with Crippen LogP contribution in [0, 0.1) is 11.6 Å². The Balaban J connectivity index is 2.37. The highest BCUT2D eigenvalue weighted by Crippen LogP contribution is 2.31. The predicted octanol–water partition coefficient (Wildman–Crippen LogP) is 1.95. The second kappa shape index (κ2) is 3.30. The quantitative estimate of drug-likeness (QED) is 0.584. The van der Waals surface area contributed by atoms with Crippen LogP contribution in [-0.2, 0) is 0 Å². The van der Waals surface area contributed by atoms with Crippen LogP contribution in [0.15, 0.2) is 18.2 Å². The fraction of sp³-hybridized carbons (Fsp3) is 0.250. The van der Waals surface area contributed by atoms with E-state index in [4.69, 9.17) is 16.3 Å². The molecule has 0 fully saturated rings. The molecule has 1 aromatic rings. The Morgan fingerprint density at radius 3 is 3.25 bits per heavy atom. The van der Waals surface area contributed by atoms with Crippen LogP contribution in [0.25, 0.3) is 0 Å². The van der Waals surface area contributed by atoms with Crippen LogP contribution in [0.1, 0.15) is 0 Å². The Morgan fingerprint density at radius 1 is 1.58 bits per heavy atom. The normalized spacial score (nSPS) is 20.7. The highest BCUT2D eigenvalue weighted by Gasteiger charge is 2.17. The number of nitrogens with one attached hydrogen (secondary N) is 1. The van der Waals surface area contributed by atoms with Gasteiger partial charge in [0.1, 0.15) is 5.75 Å². The van der Waals surface area contributed by atoms with Gasteiger partial charge in [0.15, 0.2) is 15.7 Å². The molecule has 0 aromatic heterocycles. The smallest absolute Gasteiger partial charge is 0.227 e. The van der Waals surface area contributed by atoms with E-state index in [1.807, 2.05) is 18.2 Å². The van der Waals surface area contributed by atoms with Crippen LogP contribution in [-0.4, -0.2) is 10.7 Å². The maximum atomic E-state index is 5.56. The molecule has 2 nitrogen and oxygen atoms in total. The third kappa shape index (κ3) is 1.61. The van der Waals surface area contributed by atoms with E-state index >= 15 is 0 Å². The number of hydrogen-bond donors (Lipinski definition) is 1. The SMILES string of the molecule is [ClH+]c1ccc2c(c1)NC[C@H](I)O2. The summed E-state index contributed by atoms with van der Waals surface area (Å²) in [5.41, 5.74) is 1.01. The van der Waals surface area contributed by atoms with Crippen LogP contribution in [0.3, 0.4) is 0 Å². The van der Waals surface area contributed by atoms with Gasteiger partial charge in [0.05, 0.1) is 12.2 Å². The van der Waals surface area contributed by atoms with Gasteiger partial charge in [0.25, 0.3) is 0 Å². The molecule has 1 aliphatic heterocycles. The van der Waals surface area contributed by atoms with Gasteiger partial charge in [-0.15, -0.1) is 0 Å². The molecule has 0 radical (unpaired) electrons. The first-order valence-electron chi connectivity index (χ1n) is 3.61. The van der Waals surface area contributed by atoms with E-state index in [1.165, 1.54) is 0 Å². The Kier molecular flexibility index (Phi) is 2.32. The standard InChI is InChI=1S/C8H8ClINO/c9-5-1-2-7-6(3-5)11-4-8(10)12-7/h1-3,8-9,11H,4H2/q+1/t8-/m1/s1. The molecule has 0 spiro atoms. The van der Waals surface area contributed by atoms with E-state index in [-0.39, 0.29) is 4.11 Å². The van der Waals surface area contributed by atoms with Crippen LogP contribution in [0.2, 0.25) is 5.02 Å². The molecule has 64 valence electrons. The maximum Gasteiger partial charge on any atom is 0.227 e. The average molecular weight is 297 g/mol. The zero-order valence-electron chi connectivity index (χ0n) is 6.21. The Hall–Kier alpha value is -0.160. The van der Waals surface area contributed by atoms with Gasteiger partial charge in [0, 0.05) is 12.1 Å². The van der Waals surface area contributed by atoms with Crippen molar-refractivity contribution in [1.82, 2.24) is 0 Å². The van der Waals surface area contributed by atoms with E-state index in [2.05, 4.69) is 27.9 Å². The summed E-state index contributed by atoms with van der Waals surface area (Å²) in [5.74, 6) is 0.897. The van der Waals surface area contributed by atoms with Gasteiger partial charge in [-0.3, -0.25) is 0 Å². The molecule has 4 heteroatoms. The minimum absolute atomic E-state index is 0.214. The number of anilines is 1. The van der Waals surface area contributed by atoms with Crippen molar-refractivity contribution in [2.75, 3.05) is 11.9 Å². The molecule has 2 rings (SSSR count). The Labute approximate surface area is 89.4 Å². The van der Waals surface area contributed by atoms with E-state index in [0.29, 0.717) is 0 Å². The van der Waals surface area contributed by atoms with Gasteiger partial charge in [-0.1, -0.05) is 0 Å². The Morgan fingerprint density at radius 2 is 2.42 bits per heavy atom. The zero-order valence-corrected chi connectivity index (χ0v) is 9.18. The molecule has 1 aliphatic rings. The molecule has 0 saturated carbocycles. The predicted molar refractivity (Wildman–Crippen MR) is 53.9 cm³/mol.